The fraction of sp³-hybridized carbons (Fsp3) is 0.250. The van der Waals surface area contributed by atoms with Crippen LogP contribution in [0.15, 0.2) is 51.1 Å². The van der Waals surface area contributed by atoms with Gasteiger partial charge in [-0.15, -0.1) is 0 Å². The molecule has 0 amide bonds. The Hall–Kier alpha value is 0.939. The molecule has 0 saturated carbocycles. The summed E-state index contributed by atoms with van der Waals surface area (Å²) in [6.45, 7) is 13.1. The Labute approximate surface area is 435 Å². The molecular weight excluding hydrogens is 830 g/mol. The number of thiazole rings is 1. The van der Waals surface area contributed by atoms with E-state index in [1.54, 1.807) is 50.8 Å². The minimum absolute atomic E-state index is 0. The Morgan fingerprint density at radius 2 is 1.15 bits per heavy atom. The van der Waals surface area contributed by atoms with E-state index in [9.17, 15) is 38.9 Å². The summed E-state index contributed by atoms with van der Waals surface area (Å²) in [6, 6.07) is 8.57. The van der Waals surface area contributed by atoms with Crippen LogP contribution in [0.2, 0.25) is 0 Å². The van der Waals surface area contributed by atoms with Crippen LogP contribution in [0.5, 0.6) is 0 Å². The van der Waals surface area contributed by atoms with Crippen molar-refractivity contribution in [3.8, 4) is 0 Å². The maximum Gasteiger partial charge on any atom is 1.00 e. The zero-order valence-corrected chi connectivity index (χ0v) is 43.2. The van der Waals surface area contributed by atoms with E-state index in [-0.39, 0.29) is 198 Å². The van der Waals surface area contributed by atoms with Crippen molar-refractivity contribution >= 4 is 80.0 Å². The van der Waals surface area contributed by atoms with Crippen molar-refractivity contribution < 1.29 is 193 Å². The van der Waals surface area contributed by atoms with E-state index in [0.717, 1.165) is 17.4 Å². The van der Waals surface area contributed by atoms with Gasteiger partial charge in [0.25, 0.3) is 0 Å². The number of aryl methyl sites for hydroxylation is 5. The second-order valence-corrected chi connectivity index (χ2v) is 16.9. The fourth-order valence-electron chi connectivity index (χ4n) is 6.16. The van der Waals surface area contributed by atoms with Gasteiger partial charge < -0.3 is 19.0 Å². The number of nitrogens with zero attached hydrogens (tertiary/aromatic N) is 3. The van der Waals surface area contributed by atoms with Gasteiger partial charge in [0.2, 0.25) is 0 Å². The molecule has 0 spiro atoms. The van der Waals surface area contributed by atoms with E-state index < -0.39 is 40.1 Å². The molecule has 0 radical (unpaired) electrons. The molecule has 0 unspecified atom stereocenters. The van der Waals surface area contributed by atoms with Gasteiger partial charge >= 0.3 is 154 Å². The second kappa shape index (κ2) is 18.2. The van der Waals surface area contributed by atoms with Gasteiger partial charge in [-0.25, -0.2) is 35.2 Å². The quantitative estimate of drug-likeness (QED) is 0.123. The summed E-state index contributed by atoms with van der Waals surface area (Å²) in [4.78, 5) is 9.90. The first kappa shape index (κ1) is 49.1. The van der Waals surface area contributed by atoms with E-state index in [1.807, 2.05) is 0 Å². The zero-order valence-electron chi connectivity index (χ0n) is 30.6. The smallest absolute Gasteiger partial charge is 0.744 e. The molecule has 5 rings (SSSR count). The fourth-order valence-corrected chi connectivity index (χ4v) is 9.60. The van der Waals surface area contributed by atoms with Gasteiger partial charge in [-0.3, -0.25) is 4.90 Å². The van der Waals surface area contributed by atoms with E-state index in [1.165, 1.54) is 39.8 Å². The first-order valence-corrected chi connectivity index (χ1v) is 19.6. The summed E-state index contributed by atoms with van der Waals surface area (Å²) in [5.41, 5.74) is 4.44. The van der Waals surface area contributed by atoms with Crippen molar-refractivity contribution in [3.63, 3.8) is 0 Å². The minimum Gasteiger partial charge on any atom is -0.744 e. The SMILES string of the molecule is Cc1cc(N(c2nc3ccc(S(=O)(=O)[O-])cc3s2)c2c(C)cc(C)c(S(=O)(=O)[O-])c2C)nc(Nc2c(C)cc(C)c(S(=O)(=O)[O-])c2C)c1C.[K+].[K+].[K+]. The van der Waals surface area contributed by atoms with E-state index in [0.29, 0.717) is 43.7 Å². The molecule has 3 aromatic carbocycles. The van der Waals surface area contributed by atoms with E-state index in [2.05, 4.69) is 10.3 Å². The molecule has 20 heteroatoms. The topological polar surface area (TPSA) is 213 Å². The average molecular weight is 861 g/mol. The predicted octanol–water partition coefficient (Wildman–Crippen LogP) is -2.90. The van der Waals surface area contributed by atoms with Crippen LogP contribution in [0.3, 0.4) is 0 Å². The van der Waals surface area contributed by atoms with Crippen LogP contribution >= 0.6 is 11.3 Å². The Balaban J connectivity index is 0.00000312. The average Bonchev–Trinajstić information content (AvgIpc) is 3.36. The summed E-state index contributed by atoms with van der Waals surface area (Å²) in [6.07, 6.45) is 0. The van der Waals surface area contributed by atoms with Crippen molar-refractivity contribution in [2.75, 3.05) is 10.2 Å². The van der Waals surface area contributed by atoms with Crippen LogP contribution in [-0.4, -0.2) is 48.9 Å². The van der Waals surface area contributed by atoms with E-state index in [4.69, 9.17) is 4.98 Å². The summed E-state index contributed by atoms with van der Waals surface area (Å²) in [5.74, 6) is 0.494. The number of hydrogen-bond acceptors (Lipinski definition) is 14. The first-order valence-electron chi connectivity index (χ1n) is 14.6. The molecule has 0 aliphatic heterocycles. The van der Waals surface area contributed by atoms with Gasteiger partial charge in [-0.05, 0) is 124 Å². The monoisotopic (exact) mass is 860 g/mol. The van der Waals surface area contributed by atoms with Crippen LogP contribution in [-0.2, 0) is 30.4 Å². The molecule has 0 fully saturated rings. The van der Waals surface area contributed by atoms with Gasteiger partial charge in [0, 0.05) is 5.69 Å². The maximum atomic E-state index is 12.5. The van der Waals surface area contributed by atoms with Crippen molar-refractivity contribution in [2.24, 2.45) is 0 Å². The maximum absolute atomic E-state index is 12.5. The standard InChI is InChI=1S/C32H34N4O9S4.3K/c1-15-13-26(34-31(20(15)6)35-27-16(2)11-18(4)29(21(27)7)48(40,41)42)36(28-17(3)12-19(5)30(22(28)8)49(43,44)45)32-33-24-10-9-23(47(37,38)39)14-25(24)46-32;;;/h9-14H,1-8H3,(H,34,35)(H,37,38,39)(H,40,41,42)(H,43,44,45);;;/q;3*+1/p-3. The molecule has 13 nitrogen and oxygen atoms in total. The summed E-state index contributed by atoms with van der Waals surface area (Å²) in [5, 5.41) is 3.42. The van der Waals surface area contributed by atoms with Crippen molar-refractivity contribution in [2.45, 2.75) is 70.1 Å². The number of pyridine rings is 1. The molecule has 0 aliphatic carbocycles. The third-order valence-electron chi connectivity index (χ3n) is 8.30. The zero-order chi connectivity index (χ0) is 36.5. The first-order chi connectivity index (χ1) is 22.5. The molecular formula is C32H31K3N4O9S4. The number of anilines is 5. The minimum atomic E-state index is -4.94. The van der Waals surface area contributed by atoms with Gasteiger partial charge in [-0.1, -0.05) is 23.5 Å². The van der Waals surface area contributed by atoms with Crippen LogP contribution in [0.25, 0.3) is 10.2 Å². The molecule has 260 valence electrons. The Bertz CT molecular complexity index is 2560. The molecule has 52 heavy (non-hydrogen) atoms. The van der Waals surface area contributed by atoms with Crippen molar-refractivity contribution in [1.29, 1.82) is 0 Å². The molecule has 0 atom stereocenters. The Morgan fingerprint density at radius 1 is 0.615 bits per heavy atom. The molecule has 5 aromatic rings. The number of rotatable bonds is 8. The predicted molar refractivity (Wildman–Crippen MR) is 184 cm³/mol. The number of aromatic nitrogens is 2. The number of benzene rings is 3. The third-order valence-corrected chi connectivity index (χ3v) is 12.4. The summed E-state index contributed by atoms with van der Waals surface area (Å²) >= 11 is 1.01. The van der Waals surface area contributed by atoms with Crippen molar-refractivity contribution in [3.05, 3.63) is 80.9 Å². The normalized spacial score (nSPS) is 11.8. The Kier molecular flexibility index (Phi) is 17.2. The van der Waals surface area contributed by atoms with Crippen molar-refractivity contribution in [1.82, 2.24) is 9.97 Å². The molecule has 0 aliphatic rings. The number of nitrogens with one attached hydrogen (secondary N) is 1. The summed E-state index contributed by atoms with van der Waals surface area (Å²) in [7, 11) is -14.5. The van der Waals surface area contributed by atoms with E-state index >= 15 is 0 Å². The molecule has 2 aromatic heterocycles. The van der Waals surface area contributed by atoms with Crippen LogP contribution in [0.1, 0.15) is 44.5 Å². The second-order valence-electron chi connectivity index (χ2n) is 11.9. The third kappa shape index (κ3) is 10.1. The number of fused-ring (bicyclic) bond motifs is 1. The van der Waals surface area contributed by atoms with Gasteiger partial charge in [0.15, 0.2) is 5.13 Å². The molecule has 0 bridgehead atoms. The van der Waals surface area contributed by atoms with Gasteiger partial charge in [0.1, 0.15) is 42.0 Å². The van der Waals surface area contributed by atoms with Gasteiger partial charge in [-0.2, -0.15) is 0 Å². The van der Waals surface area contributed by atoms with Crippen LogP contribution < -0.4 is 164 Å². The largest absolute Gasteiger partial charge is 1.00 e. The summed E-state index contributed by atoms with van der Waals surface area (Å²) < 4.78 is 110. The Morgan fingerprint density at radius 3 is 1.69 bits per heavy atom. The van der Waals surface area contributed by atoms with Crippen LogP contribution in [0.4, 0.5) is 28.1 Å². The van der Waals surface area contributed by atoms with Crippen LogP contribution in [0, 0.1) is 55.4 Å². The molecule has 1 N–H and O–H groups in total. The molecule has 2 heterocycles. The number of hydrogen-bond donors (Lipinski definition) is 1. The van der Waals surface area contributed by atoms with Gasteiger partial charge in [0.05, 0.1) is 30.6 Å². The molecule has 0 saturated heterocycles.